The van der Waals surface area contributed by atoms with Crippen molar-refractivity contribution in [3.8, 4) is 6.07 Å². The van der Waals surface area contributed by atoms with Crippen LogP contribution in [0.1, 0.15) is 48.8 Å². The first-order chi connectivity index (χ1) is 13.0. The van der Waals surface area contributed by atoms with Crippen LogP contribution in [0.3, 0.4) is 0 Å². The van der Waals surface area contributed by atoms with E-state index >= 15 is 0 Å². The second-order valence-corrected chi connectivity index (χ2v) is 9.21. The molecule has 0 amide bonds. The molecule has 2 aromatic rings. The maximum Gasteiger partial charge on any atom is 0.161 e. The van der Waals surface area contributed by atoms with Crippen LogP contribution >= 0.6 is 0 Å². The minimum Gasteiger partial charge on any atom is -0.298 e. The summed E-state index contributed by atoms with van der Waals surface area (Å²) in [6.45, 7) is 0. The molecule has 6 heteroatoms. The van der Waals surface area contributed by atoms with Crippen molar-refractivity contribution in [3.63, 3.8) is 0 Å². The van der Waals surface area contributed by atoms with Gasteiger partial charge < -0.3 is 0 Å². The molecular formula is C21H22N2O3S. The molecule has 0 spiro atoms. The zero-order valence-corrected chi connectivity index (χ0v) is 15.9. The number of benzene rings is 1. The van der Waals surface area contributed by atoms with Gasteiger partial charge in [0.05, 0.1) is 22.8 Å². The van der Waals surface area contributed by atoms with Crippen LogP contribution in [0.25, 0.3) is 0 Å². The molecule has 1 aliphatic rings. The zero-order chi connectivity index (χ0) is 19.3. The molecule has 1 aromatic heterocycles. The second kappa shape index (κ2) is 8.01. The Bertz CT molecular complexity index is 939. The van der Waals surface area contributed by atoms with E-state index in [1.807, 2.05) is 12.1 Å². The van der Waals surface area contributed by atoms with Crippen molar-refractivity contribution in [1.82, 2.24) is 4.98 Å². The fourth-order valence-electron chi connectivity index (χ4n) is 3.85. The summed E-state index contributed by atoms with van der Waals surface area (Å²) >= 11 is 0. The predicted molar refractivity (Wildman–Crippen MR) is 103 cm³/mol. The zero-order valence-electron chi connectivity index (χ0n) is 15.1. The van der Waals surface area contributed by atoms with Gasteiger partial charge in [0, 0.05) is 12.4 Å². The third kappa shape index (κ3) is 4.42. The van der Waals surface area contributed by atoms with Crippen molar-refractivity contribution in [2.75, 3.05) is 5.75 Å². The van der Waals surface area contributed by atoms with Gasteiger partial charge in [0.1, 0.15) is 5.75 Å². The highest BCUT2D eigenvalue weighted by molar-refractivity contribution is 7.91. The Hall–Kier alpha value is -2.52. The molecule has 1 aliphatic carbocycles. The molecule has 3 rings (SSSR count). The molecule has 0 saturated heterocycles. The van der Waals surface area contributed by atoms with Crippen molar-refractivity contribution in [1.29, 1.82) is 5.26 Å². The van der Waals surface area contributed by atoms with E-state index in [-0.39, 0.29) is 11.5 Å². The molecule has 27 heavy (non-hydrogen) atoms. The van der Waals surface area contributed by atoms with E-state index in [1.54, 1.807) is 42.7 Å². The number of rotatable bonds is 6. The minimum absolute atomic E-state index is 0.201. The SMILES string of the molecule is N#Cc1ccc(CS(=O)(=O)CC(=O)C2(c3cccnc3)CCCCC2)cc1. The van der Waals surface area contributed by atoms with Crippen molar-refractivity contribution >= 4 is 15.6 Å². The van der Waals surface area contributed by atoms with Crippen molar-refractivity contribution < 1.29 is 13.2 Å². The molecule has 0 aliphatic heterocycles. The number of carbonyl (C=O) groups is 1. The number of hydrogen-bond donors (Lipinski definition) is 0. The third-order valence-electron chi connectivity index (χ3n) is 5.28. The monoisotopic (exact) mass is 382 g/mol. The Kier molecular flexibility index (Phi) is 5.71. The molecule has 0 atom stereocenters. The summed E-state index contributed by atoms with van der Waals surface area (Å²) < 4.78 is 25.4. The highest BCUT2D eigenvalue weighted by atomic mass is 32.2. The molecule has 5 nitrogen and oxygen atoms in total. The van der Waals surface area contributed by atoms with Crippen LogP contribution in [-0.4, -0.2) is 24.9 Å². The van der Waals surface area contributed by atoms with Crippen LogP contribution in [0.4, 0.5) is 0 Å². The maximum absolute atomic E-state index is 13.2. The van der Waals surface area contributed by atoms with E-state index in [9.17, 15) is 13.2 Å². The summed E-state index contributed by atoms with van der Waals surface area (Å²) in [7, 11) is -3.60. The lowest BCUT2D eigenvalue weighted by atomic mass is 9.67. The molecule has 0 radical (unpaired) electrons. The third-order valence-corrected chi connectivity index (χ3v) is 6.75. The fraction of sp³-hybridized carbons (Fsp3) is 0.381. The van der Waals surface area contributed by atoms with Crippen LogP contribution in [0.15, 0.2) is 48.8 Å². The molecule has 1 saturated carbocycles. The van der Waals surface area contributed by atoms with Crippen molar-refractivity contribution in [2.24, 2.45) is 0 Å². The summed E-state index contributed by atoms with van der Waals surface area (Å²) in [5, 5.41) is 8.84. The molecule has 140 valence electrons. The van der Waals surface area contributed by atoms with Crippen LogP contribution in [0.5, 0.6) is 0 Å². The van der Waals surface area contributed by atoms with Gasteiger partial charge in [0.25, 0.3) is 0 Å². The number of nitrogens with zero attached hydrogens (tertiary/aromatic N) is 2. The first-order valence-corrected chi connectivity index (χ1v) is 10.9. The van der Waals surface area contributed by atoms with E-state index in [2.05, 4.69) is 4.98 Å². The summed E-state index contributed by atoms with van der Waals surface area (Å²) in [6, 6.07) is 12.1. The predicted octanol–water partition coefficient (Wildman–Crippen LogP) is 3.34. The highest BCUT2D eigenvalue weighted by Crippen LogP contribution is 2.40. The number of hydrogen-bond acceptors (Lipinski definition) is 5. The first-order valence-electron chi connectivity index (χ1n) is 9.08. The Morgan fingerprint density at radius 3 is 2.41 bits per heavy atom. The molecule has 1 aromatic carbocycles. The average Bonchev–Trinajstić information content (AvgIpc) is 2.69. The molecule has 0 bridgehead atoms. The largest absolute Gasteiger partial charge is 0.298 e. The number of pyridine rings is 1. The van der Waals surface area contributed by atoms with Crippen molar-refractivity contribution in [2.45, 2.75) is 43.3 Å². The summed E-state index contributed by atoms with van der Waals surface area (Å²) in [5.41, 5.74) is 1.14. The Morgan fingerprint density at radius 2 is 1.81 bits per heavy atom. The number of Topliss-reactive ketones (excluding diaryl/α,β-unsaturated/α-hetero) is 1. The lowest BCUT2D eigenvalue weighted by molar-refractivity contribution is -0.123. The Morgan fingerprint density at radius 1 is 1.11 bits per heavy atom. The first kappa shape index (κ1) is 19.2. The number of aromatic nitrogens is 1. The van der Waals surface area contributed by atoms with Crippen molar-refractivity contribution in [3.05, 3.63) is 65.5 Å². The van der Waals surface area contributed by atoms with Gasteiger partial charge in [-0.05, 0) is 42.2 Å². The average molecular weight is 382 g/mol. The summed E-state index contributed by atoms with van der Waals surface area (Å²) in [6.07, 6.45) is 7.58. The summed E-state index contributed by atoms with van der Waals surface area (Å²) in [5.74, 6) is -0.904. The lowest BCUT2D eigenvalue weighted by Crippen LogP contribution is -2.41. The number of sulfone groups is 1. The lowest BCUT2D eigenvalue weighted by Gasteiger charge is -2.36. The Balaban J connectivity index is 1.81. The topological polar surface area (TPSA) is 87.9 Å². The van der Waals surface area contributed by atoms with E-state index < -0.39 is 21.0 Å². The van der Waals surface area contributed by atoms with Crippen LogP contribution in [0, 0.1) is 11.3 Å². The minimum atomic E-state index is -3.60. The quantitative estimate of drug-likeness (QED) is 0.764. The van der Waals surface area contributed by atoms with Crippen LogP contribution in [0.2, 0.25) is 0 Å². The number of nitriles is 1. The molecule has 1 fully saturated rings. The maximum atomic E-state index is 13.2. The van der Waals surface area contributed by atoms with Crippen LogP contribution in [-0.2, 0) is 25.8 Å². The van der Waals surface area contributed by atoms with Gasteiger partial charge in [0.2, 0.25) is 0 Å². The smallest absolute Gasteiger partial charge is 0.161 e. The van der Waals surface area contributed by atoms with E-state index in [0.717, 1.165) is 24.8 Å². The van der Waals surface area contributed by atoms with E-state index in [0.29, 0.717) is 24.0 Å². The van der Waals surface area contributed by atoms with Gasteiger partial charge in [0.15, 0.2) is 15.6 Å². The fourth-order valence-corrected chi connectivity index (χ4v) is 5.33. The highest BCUT2D eigenvalue weighted by Gasteiger charge is 2.42. The number of carbonyl (C=O) groups excluding carboxylic acids is 1. The molecule has 0 N–H and O–H groups in total. The normalized spacial score (nSPS) is 16.4. The second-order valence-electron chi connectivity index (χ2n) is 7.15. The van der Waals surface area contributed by atoms with Crippen LogP contribution < -0.4 is 0 Å². The van der Waals surface area contributed by atoms with E-state index in [1.165, 1.54) is 0 Å². The van der Waals surface area contributed by atoms with Gasteiger partial charge in [-0.15, -0.1) is 0 Å². The molecule has 0 unspecified atom stereocenters. The number of ketones is 1. The van der Waals surface area contributed by atoms with Gasteiger partial charge >= 0.3 is 0 Å². The van der Waals surface area contributed by atoms with Gasteiger partial charge in [-0.1, -0.05) is 37.5 Å². The van der Waals surface area contributed by atoms with Gasteiger partial charge in [-0.25, -0.2) is 8.42 Å². The Labute approximate surface area is 160 Å². The molecule has 1 heterocycles. The molecular weight excluding hydrogens is 360 g/mol. The standard InChI is InChI=1S/C21H22N2O3S/c22-13-17-6-8-18(9-7-17)15-27(25,26)16-20(24)21(10-2-1-3-11-21)19-5-4-12-23-14-19/h4-9,12,14H,1-3,10-11,15-16H2. The van der Waals surface area contributed by atoms with Gasteiger partial charge in [-0.2, -0.15) is 5.26 Å². The summed E-state index contributed by atoms with van der Waals surface area (Å²) in [4.78, 5) is 17.3. The van der Waals surface area contributed by atoms with Gasteiger partial charge in [-0.3, -0.25) is 9.78 Å². The van der Waals surface area contributed by atoms with E-state index in [4.69, 9.17) is 5.26 Å².